The van der Waals surface area contributed by atoms with Crippen LogP contribution in [-0.2, 0) is 0 Å². The average molecular weight is 248 g/mol. The van der Waals surface area contributed by atoms with Crippen molar-refractivity contribution in [3.05, 3.63) is 34.9 Å². The molecule has 3 heteroatoms. The van der Waals surface area contributed by atoms with Gasteiger partial charge in [0, 0.05) is 12.1 Å². The zero-order chi connectivity index (χ0) is 13.4. The van der Waals surface area contributed by atoms with Crippen LogP contribution in [0.1, 0.15) is 47.2 Å². The van der Waals surface area contributed by atoms with E-state index in [0.717, 1.165) is 49.9 Å². The Morgan fingerprint density at radius 1 is 1.11 bits per heavy atom. The van der Waals surface area contributed by atoms with Gasteiger partial charge in [0.2, 0.25) is 0 Å². The van der Waals surface area contributed by atoms with Crippen LogP contribution in [0, 0.1) is 13.8 Å². The number of hydrogen-bond acceptors (Lipinski definition) is 2. The van der Waals surface area contributed by atoms with Crippen LogP contribution >= 0.6 is 0 Å². The van der Waals surface area contributed by atoms with Gasteiger partial charge in [-0.1, -0.05) is 18.9 Å². The molecule has 0 aliphatic carbocycles. The summed E-state index contributed by atoms with van der Waals surface area (Å²) in [7, 11) is 0. The highest BCUT2D eigenvalue weighted by Crippen LogP contribution is 2.09. The molecule has 3 N–H and O–H groups in total. The topological polar surface area (TPSA) is 55.1 Å². The Kier molecular flexibility index (Phi) is 6.44. The number of amides is 1. The number of nitrogens with one attached hydrogen (secondary N) is 1. The Labute approximate surface area is 110 Å². The molecule has 1 aromatic rings. The van der Waals surface area contributed by atoms with Crippen LogP contribution in [0.15, 0.2) is 18.2 Å². The van der Waals surface area contributed by atoms with Crippen molar-refractivity contribution >= 4 is 5.91 Å². The van der Waals surface area contributed by atoms with Crippen LogP contribution < -0.4 is 11.1 Å². The number of aryl methyl sites for hydroxylation is 2. The molecule has 0 bridgehead atoms. The van der Waals surface area contributed by atoms with Crippen LogP contribution in [-0.4, -0.2) is 19.0 Å². The summed E-state index contributed by atoms with van der Waals surface area (Å²) in [6.07, 6.45) is 4.38. The minimum Gasteiger partial charge on any atom is -0.352 e. The first-order chi connectivity index (χ1) is 8.65. The summed E-state index contributed by atoms with van der Waals surface area (Å²) < 4.78 is 0. The van der Waals surface area contributed by atoms with Crippen molar-refractivity contribution in [2.75, 3.05) is 13.1 Å². The molecule has 100 valence electrons. The molecule has 0 aromatic heterocycles. The minimum atomic E-state index is 0.0249. The van der Waals surface area contributed by atoms with Gasteiger partial charge in [0.05, 0.1) is 0 Å². The molecule has 1 amide bonds. The molecule has 18 heavy (non-hydrogen) atoms. The molecule has 0 atom stereocenters. The fraction of sp³-hybridized carbons (Fsp3) is 0.533. The van der Waals surface area contributed by atoms with Gasteiger partial charge in [-0.25, -0.2) is 0 Å². The fourth-order valence-electron chi connectivity index (χ4n) is 1.81. The van der Waals surface area contributed by atoms with Crippen LogP contribution in [0.5, 0.6) is 0 Å². The number of unbranched alkanes of at least 4 members (excludes halogenated alkanes) is 3. The normalized spacial score (nSPS) is 10.4. The van der Waals surface area contributed by atoms with Gasteiger partial charge < -0.3 is 11.1 Å². The van der Waals surface area contributed by atoms with Gasteiger partial charge in [0.15, 0.2) is 0 Å². The van der Waals surface area contributed by atoms with E-state index < -0.39 is 0 Å². The summed E-state index contributed by atoms with van der Waals surface area (Å²) in [5.41, 5.74) is 8.55. The van der Waals surface area contributed by atoms with E-state index in [1.807, 2.05) is 25.1 Å². The maximum absolute atomic E-state index is 11.9. The number of benzene rings is 1. The molecule has 0 saturated carbocycles. The van der Waals surface area contributed by atoms with E-state index in [9.17, 15) is 4.79 Å². The van der Waals surface area contributed by atoms with Crippen molar-refractivity contribution in [3.63, 3.8) is 0 Å². The van der Waals surface area contributed by atoms with E-state index in [1.165, 1.54) is 5.56 Å². The maximum Gasteiger partial charge on any atom is 0.251 e. The largest absolute Gasteiger partial charge is 0.352 e. The lowest BCUT2D eigenvalue weighted by atomic mass is 10.1. The lowest BCUT2D eigenvalue weighted by molar-refractivity contribution is 0.0953. The number of hydrogen-bond donors (Lipinski definition) is 2. The highest BCUT2D eigenvalue weighted by Gasteiger charge is 2.05. The van der Waals surface area contributed by atoms with E-state index in [2.05, 4.69) is 12.2 Å². The third-order valence-electron chi connectivity index (χ3n) is 3.19. The minimum absolute atomic E-state index is 0.0249. The molecule has 0 saturated heterocycles. The van der Waals surface area contributed by atoms with Crippen LogP contribution in [0.3, 0.4) is 0 Å². The first-order valence-corrected chi connectivity index (χ1v) is 6.70. The Morgan fingerprint density at radius 3 is 2.50 bits per heavy atom. The van der Waals surface area contributed by atoms with Gasteiger partial charge >= 0.3 is 0 Å². The van der Waals surface area contributed by atoms with Crippen LogP contribution in [0.4, 0.5) is 0 Å². The summed E-state index contributed by atoms with van der Waals surface area (Å²) in [5.74, 6) is 0.0249. The van der Waals surface area contributed by atoms with E-state index in [0.29, 0.717) is 0 Å². The van der Waals surface area contributed by atoms with Crippen molar-refractivity contribution in [2.45, 2.75) is 39.5 Å². The average Bonchev–Trinajstić information content (AvgIpc) is 2.36. The zero-order valence-electron chi connectivity index (χ0n) is 11.5. The predicted molar refractivity (Wildman–Crippen MR) is 75.8 cm³/mol. The SMILES string of the molecule is Cc1ccc(C(=O)NCCCCCCN)cc1C. The molecule has 0 fully saturated rings. The number of carbonyl (C=O) groups is 1. The zero-order valence-corrected chi connectivity index (χ0v) is 11.5. The van der Waals surface area contributed by atoms with Crippen LogP contribution in [0.25, 0.3) is 0 Å². The Bertz CT molecular complexity index is 388. The molecule has 0 spiro atoms. The smallest absolute Gasteiger partial charge is 0.251 e. The highest BCUT2D eigenvalue weighted by atomic mass is 16.1. The number of carbonyl (C=O) groups excluding carboxylic acids is 1. The second-order valence-electron chi connectivity index (χ2n) is 4.76. The molecule has 1 rings (SSSR count). The first kappa shape index (κ1) is 14.7. The van der Waals surface area contributed by atoms with Crippen LogP contribution in [0.2, 0.25) is 0 Å². The summed E-state index contributed by atoms with van der Waals surface area (Å²) in [6.45, 7) is 5.58. The molecule has 0 radical (unpaired) electrons. The molecule has 0 unspecified atom stereocenters. The van der Waals surface area contributed by atoms with E-state index in [-0.39, 0.29) is 5.91 Å². The van der Waals surface area contributed by atoms with Gasteiger partial charge in [-0.05, 0) is 56.5 Å². The van der Waals surface area contributed by atoms with Crippen molar-refractivity contribution < 1.29 is 4.79 Å². The first-order valence-electron chi connectivity index (χ1n) is 6.70. The van der Waals surface area contributed by atoms with E-state index in [1.54, 1.807) is 0 Å². The van der Waals surface area contributed by atoms with Gasteiger partial charge in [0.1, 0.15) is 0 Å². The predicted octanol–water partition coefficient (Wildman–Crippen LogP) is 2.55. The van der Waals surface area contributed by atoms with Gasteiger partial charge in [0.25, 0.3) is 5.91 Å². The maximum atomic E-state index is 11.9. The van der Waals surface area contributed by atoms with Gasteiger partial charge in [-0.3, -0.25) is 4.79 Å². The number of nitrogens with two attached hydrogens (primary N) is 1. The summed E-state index contributed by atoms with van der Waals surface area (Å²) in [4.78, 5) is 11.9. The lowest BCUT2D eigenvalue weighted by Crippen LogP contribution is -2.24. The van der Waals surface area contributed by atoms with Crippen molar-refractivity contribution in [2.24, 2.45) is 5.73 Å². The molecule has 0 aliphatic rings. The Balaban J connectivity index is 2.30. The van der Waals surface area contributed by atoms with Crippen molar-refractivity contribution in [1.82, 2.24) is 5.32 Å². The highest BCUT2D eigenvalue weighted by molar-refractivity contribution is 5.94. The molecule has 0 aliphatic heterocycles. The van der Waals surface area contributed by atoms with Crippen molar-refractivity contribution in [1.29, 1.82) is 0 Å². The Hall–Kier alpha value is -1.35. The summed E-state index contributed by atoms with van der Waals surface area (Å²) in [6, 6.07) is 5.82. The number of rotatable bonds is 7. The van der Waals surface area contributed by atoms with E-state index >= 15 is 0 Å². The standard InChI is InChI=1S/C15H24N2O/c1-12-7-8-14(11-13(12)2)15(18)17-10-6-4-3-5-9-16/h7-8,11H,3-6,9-10,16H2,1-2H3,(H,17,18). The van der Waals surface area contributed by atoms with Gasteiger partial charge in [-0.2, -0.15) is 0 Å². The fourth-order valence-corrected chi connectivity index (χ4v) is 1.81. The monoisotopic (exact) mass is 248 g/mol. The third kappa shape index (κ3) is 4.88. The quantitative estimate of drug-likeness (QED) is 0.729. The summed E-state index contributed by atoms with van der Waals surface area (Å²) in [5, 5.41) is 2.95. The lowest BCUT2D eigenvalue weighted by Gasteiger charge is -2.07. The van der Waals surface area contributed by atoms with E-state index in [4.69, 9.17) is 5.73 Å². The van der Waals surface area contributed by atoms with Crippen molar-refractivity contribution in [3.8, 4) is 0 Å². The third-order valence-corrected chi connectivity index (χ3v) is 3.19. The molecular weight excluding hydrogens is 224 g/mol. The Morgan fingerprint density at radius 2 is 1.83 bits per heavy atom. The molecular formula is C15H24N2O. The molecule has 3 nitrogen and oxygen atoms in total. The second-order valence-corrected chi connectivity index (χ2v) is 4.76. The van der Waals surface area contributed by atoms with Gasteiger partial charge in [-0.15, -0.1) is 0 Å². The second kappa shape index (κ2) is 7.88. The summed E-state index contributed by atoms with van der Waals surface area (Å²) >= 11 is 0. The molecule has 1 aromatic carbocycles. The molecule has 0 heterocycles.